The molecule has 0 aromatic heterocycles. The van der Waals surface area contributed by atoms with Crippen molar-refractivity contribution >= 4 is 20.9 Å². The van der Waals surface area contributed by atoms with E-state index < -0.39 is 10.1 Å². The summed E-state index contributed by atoms with van der Waals surface area (Å²) in [5, 5.41) is 1.56. The third-order valence-corrected chi connectivity index (χ3v) is 9.37. The number of rotatable bonds is 25. The van der Waals surface area contributed by atoms with Crippen molar-refractivity contribution in [2.45, 2.75) is 173 Å². The van der Waals surface area contributed by atoms with Gasteiger partial charge in [-0.05, 0) is 53.6 Å². The molecule has 0 bridgehead atoms. The smallest absolute Gasteiger partial charge is 0.744 e. The Bertz CT molecular complexity index is 1030. The molecular formula is C36H59NaO3S. The van der Waals surface area contributed by atoms with Crippen molar-refractivity contribution in [1.29, 1.82) is 0 Å². The summed E-state index contributed by atoms with van der Waals surface area (Å²) in [7, 11) is -4.52. The Kier molecular flexibility index (Phi) is 22.6. The Balaban J connectivity index is 0.00000840. The monoisotopic (exact) mass is 594 g/mol. The molecule has 0 aliphatic heterocycles. The van der Waals surface area contributed by atoms with Crippen LogP contribution in [0.1, 0.15) is 166 Å². The molecule has 0 spiro atoms. The number of hydrogen-bond donors (Lipinski definition) is 0. The van der Waals surface area contributed by atoms with Crippen molar-refractivity contribution in [3.8, 4) is 0 Å². The van der Waals surface area contributed by atoms with Gasteiger partial charge in [-0.25, -0.2) is 8.42 Å². The van der Waals surface area contributed by atoms with Crippen molar-refractivity contribution in [2.24, 2.45) is 0 Å². The first kappa shape index (κ1) is 38.6. The largest absolute Gasteiger partial charge is 1.00 e. The van der Waals surface area contributed by atoms with Crippen LogP contribution in [0.5, 0.6) is 0 Å². The van der Waals surface area contributed by atoms with Gasteiger partial charge >= 0.3 is 29.6 Å². The van der Waals surface area contributed by atoms with Crippen molar-refractivity contribution < 1.29 is 42.5 Å². The van der Waals surface area contributed by atoms with E-state index in [1.54, 1.807) is 12.1 Å². The number of fused-ring (bicyclic) bond motifs is 1. The fourth-order valence-electron chi connectivity index (χ4n) is 6.01. The Hall–Kier alpha value is -0.390. The summed E-state index contributed by atoms with van der Waals surface area (Å²) in [6, 6.07) is 9.64. The van der Waals surface area contributed by atoms with Crippen LogP contribution >= 0.6 is 0 Å². The van der Waals surface area contributed by atoms with Gasteiger partial charge < -0.3 is 4.55 Å². The van der Waals surface area contributed by atoms with E-state index >= 15 is 0 Å². The van der Waals surface area contributed by atoms with Gasteiger partial charge in [0.2, 0.25) is 0 Å². The molecule has 0 amide bonds. The molecule has 5 heteroatoms. The SMILES string of the molecule is CCCCCCCCCCCCCc1cc(S(=O)(=O)[O-])c2cccc(CCCCCCCCCCCCC)c2c1.[Na+]. The maximum Gasteiger partial charge on any atom is 1.00 e. The summed E-state index contributed by atoms with van der Waals surface area (Å²) in [5.74, 6) is 0. The van der Waals surface area contributed by atoms with Crippen molar-refractivity contribution in [3.63, 3.8) is 0 Å². The molecule has 41 heavy (non-hydrogen) atoms. The first-order chi connectivity index (χ1) is 19.5. The van der Waals surface area contributed by atoms with E-state index in [-0.39, 0.29) is 34.5 Å². The molecule has 0 saturated heterocycles. The standard InChI is InChI=1S/C36H60O3S.Na/c1-3-5-7-9-11-13-15-17-19-21-23-26-32-30-35-33(28-25-29-34(35)36(31-32)40(37,38)39)27-24-22-20-18-16-14-12-10-8-6-4-2;/h25,28-31H,3-24,26-27H2,1-2H3,(H,37,38,39);/q;+1/p-1. The first-order valence-electron chi connectivity index (χ1n) is 17.0. The van der Waals surface area contributed by atoms with Crippen LogP contribution in [0.25, 0.3) is 10.8 Å². The second kappa shape index (κ2) is 24.0. The van der Waals surface area contributed by atoms with Gasteiger partial charge in [0.25, 0.3) is 0 Å². The zero-order chi connectivity index (χ0) is 28.9. The van der Waals surface area contributed by atoms with E-state index in [4.69, 9.17) is 0 Å². The fraction of sp³-hybridized carbons (Fsp3) is 0.722. The Morgan fingerprint density at radius 3 is 1.39 bits per heavy atom. The molecule has 0 atom stereocenters. The van der Waals surface area contributed by atoms with Crippen LogP contribution in [-0.2, 0) is 23.0 Å². The van der Waals surface area contributed by atoms with Crippen LogP contribution in [0.4, 0.5) is 0 Å². The summed E-state index contributed by atoms with van der Waals surface area (Å²) in [6.07, 6.45) is 30.4. The molecule has 2 rings (SSSR count). The van der Waals surface area contributed by atoms with Crippen molar-refractivity contribution in [2.75, 3.05) is 0 Å². The predicted molar refractivity (Wildman–Crippen MR) is 172 cm³/mol. The molecule has 2 aromatic rings. The molecule has 0 radical (unpaired) electrons. The van der Waals surface area contributed by atoms with Crippen molar-refractivity contribution in [1.82, 2.24) is 0 Å². The molecule has 0 aliphatic rings. The molecular weight excluding hydrogens is 535 g/mol. The van der Waals surface area contributed by atoms with Crippen molar-refractivity contribution in [3.05, 3.63) is 41.5 Å². The summed E-state index contributed by atoms with van der Waals surface area (Å²) in [4.78, 5) is -0.0381. The third kappa shape index (κ3) is 16.9. The van der Waals surface area contributed by atoms with Crippen LogP contribution < -0.4 is 29.6 Å². The maximum absolute atomic E-state index is 12.2. The molecule has 0 saturated carbocycles. The van der Waals surface area contributed by atoms with Gasteiger partial charge in [0.15, 0.2) is 0 Å². The molecule has 0 heterocycles. The second-order valence-corrected chi connectivity index (χ2v) is 13.5. The van der Waals surface area contributed by atoms with Gasteiger partial charge in [-0.3, -0.25) is 0 Å². The minimum atomic E-state index is -4.52. The summed E-state index contributed by atoms with van der Waals surface area (Å²) in [6.45, 7) is 4.53. The van der Waals surface area contributed by atoms with E-state index in [0.717, 1.165) is 43.1 Å². The molecule has 3 nitrogen and oxygen atoms in total. The van der Waals surface area contributed by atoms with Crippen LogP contribution in [0.15, 0.2) is 35.2 Å². The van der Waals surface area contributed by atoms with E-state index in [1.807, 2.05) is 6.07 Å². The average molecular weight is 595 g/mol. The quantitative estimate of drug-likeness (QED) is 0.0658. The number of aryl methyl sites for hydroxylation is 2. The first-order valence-corrected chi connectivity index (χ1v) is 18.4. The number of hydrogen-bond acceptors (Lipinski definition) is 3. The van der Waals surface area contributed by atoms with Crippen LogP contribution in [0.2, 0.25) is 0 Å². The predicted octanol–water partition coefficient (Wildman–Crippen LogP) is 8.45. The summed E-state index contributed by atoms with van der Waals surface area (Å²) >= 11 is 0. The molecule has 2 aromatic carbocycles. The van der Waals surface area contributed by atoms with Gasteiger partial charge in [-0.1, -0.05) is 167 Å². The van der Waals surface area contributed by atoms with E-state index in [9.17, 15) is 13.0 Å². The Labute approximate surface area is 276 Å². The average Bonchev–Trinajstić information content (AvgIpc) is 2.94. The van der Waals surface area contributed by atoms with Gasteiger partial charge in [-0.2, -0.15) is 0 Å². The third-order valence-electron chi connectivity index (χ3n) is 8.50. The normalized spacial score (nSPS) is 11.7. The van der Waals surface area contributed by atoms with Gasteiger partial charge in [0, 0.05) is 0 Å². The van der Waals surface area contributed by atoms with Gasteiger partial charge in [0.05, 0.1) is 4.90 Å². The molecule has 0 unspecified atom stereocenters. The minimum Gasteiger partial charge on any atom is -0.744 e. The van der Waals surface area contributed by atoms with Crippen LogP contribution in [0.3, 0.4) is 0 Å². The summed E-state index contributed by atoms with van der Waals surface area (Å²) in [5.41, 5.74) is 2.17. The Morgan fingerprint density at radius 2 is 0.951 bits per heavy atom. The van der Waals surface area contributed by atoms with Crippen LogP contribution in [-0.4, -0.2) is 13.0 Å². The summed E-state index contributed by atoms with van der Waals surface area (Å²) < 4.78 is 36.5. The zero-order valence-electron chi connectivity index (χ0n) is 27.0. The topological polar surface area (TPSA) is 57.2 Å². The van der Waals surface area contributed by atoms with Gasteiger partial charge in [0.1, 0.15) is 10.1 Å². The van der Waals surface area contributed by atoms with Gasteiger partial charge in [-0.15, -0.1) is 0 Å². The second-order valence-electron chi connectivity index (χ2n) is 12.1. The molecule has 228 valence electrons. The van der Waals surface area contributed by atoms with Crippen LogP contribution in [0, 0.1) is 0 Å². The zero-order valence-corrected chi connectivity index (χ0v) is 29.8. The number of unbranched alkanes of at least 4 members (excludes halogenated alkanes) is 20. The number of benzene rings is 2. The fourth-order valence-corrected chi connectivity index (χ4v) is 6.76. The van der Waals surface area contributed by atoms with E-state index in [2.05, 4.69) is 26.0 Å². The van der Waals surface area contributed by atoms with E-state index in [1.165, 1.54) is 128 Å². The molecule has 0 aliphatic carbocycles. The van der Waals surface area contributed by atoms with E-state index in [0.29, 0.717) is 5.39 Å². The molecule has 0 fully saturated rings. The molecule has 0 N–H and O–H groups in total. The Morgan fingerprint density at radius 1 is 0.537 bits per heavy atom. The maximum atomic E-state index is 12.2. The minimum absolute atomic E-state index is 0.